The average molecular weight is 228 g/mol. The highest BCUT2D eigenvalue weighted by Crippen LogP contribution is 2.28. The standard InChI is InChI=1S/C15H16O2/c1-12(17-16)15(13-8-4-2-5-9-13)14-10-6-3-7-11-14/h2-12,15-16H,1H3. The van der Waals surface area contributed by atoms with Crippen LogP contribution in [0.1, 0.15) is 24.0 Å². The number of hydrogen-bond donors (Lipinski definition) is 1. The van der Waals surface area contributed by atoms with Crippen molar-refractivity contribution in [2.45, 2.75) is 18.9 Å². The Labute approximate surface area is 101 Å². The van der Waals surface area contributed by atoms with E-state index >= 15 is 0 Å². The Hall–Kier alpha value is -1.64. The largest absolute Gasteiger partial charge is 0.252 e. The van der Waals surface area contributed by atoms with Crippen LogP contribution in [-0.2, 0) is 4.89 Å². The Bertz CT molecular complexity index is 399. The summed E-state index contributed by atoms with van der Waals surface area (Å²) in [6, 6.07) is 20.1. The van der Waals surface area contributed by atoms with Crippen molar-refractivity contribution in [3.8, 4) is 0 Å². The van der Waals surface area contributed by atoms with E-state index in [9.17, 15) is 0 Å². The molecule has 0 saturated carbocycles. The highest BCUT2D eigenvalue weighted by Gasteiger charge is 2.21. The van der Waals surface area contributed by atoms with Gasteiger partial charge in [0.15, 0.2) is 0 Å². The van der Waals surface area contributed by atoms with Gasteiger partial charge in [0.25, 0.3) is 0 Å². The van der Waals surface area contributed by atoms with Crippen LogP contribution in [0.5, 0.6) is 0 Å². The van der Waals surface area contributed by atoms with Gasteiger partial charge in [-0.1, -0.05) is 60.7 Å². The maximum Gasteiger partial charge on any atom is 0.101 e. The van der Waals surface area contributed by atoms with Gasteiger partial charge in [0.1, 0.15) is 6.10 Å². The molecule has 0 saturated heterocycles. The molecule has 2 aromatic carbocycles. The lowest BCUT2D eigenvalue weighted by atomic mass is 9.87. The summed E-state index contributed by atoms with van der Waals surface area (Å²) in [5.41, 5.74) is 2.28. The molecule has 0 heterocycles. The highest BCUT2D eigenvalue weighted by molar-refractivity contribution is 5.33. The summed E-state index contributed by atoms with van der Waals surface area (Å²) >= 11 is 0. The SMILES string of the molecule is CC(OO)C(c1ccccc1)c1ccccc1. The molecule has 0 amide bonds. The number of benzene rings is 2. The second kappa shape index (κ2) is 5.62. The molecule has 2 nitrogen and oxygen atoms in total. The summed E-state index contributed by atoms with van der Waals surface area (Å²) in [4.78, 5) is 4.52. The van der Waals surface area contributed by atoms with Gasteiger partial charge in [-0.25, -0.2) is 4.89 Å². The van der Waals surface area contributed by atoms with E-state index in [0.717, 1.165) is 11.1 Å². The van der Waals surface area contributed by atoms with Crippen molar-refractivity contribution in [2.75, 3.05) is 0 Å². The van der Waals surface area contributed by atoms with Crippen molar-refractivity contribution < 1.29 is 10.1 Å². The molecule has 1 unspecified atom stereocenters. The van der Waals surface area contributed by atoms with Gasteiger partial charge in [-0.05, 0) is 18.1 Å². The summed E-state index contributed by atoms with van der Waals surface area (Å²) in [5, 5.41) is 8.93. The predicted molar refractivity (Wildman–Crippen MR) is 67.9 cm³/mol. The average Bonchev–Trinajstić information content (AvgIpc) is 2.41. The quantitative estimate of drug-likeness (QED) is 0.638. The zero-order chi connectivity index (χ0) is 12.1. The third kappa shape index (κ3) is 2.73. The van der Waals surface area contributed by atoms with Crippen molar-refractivity contribution in [3.05, 3.63) is 71.8 Å². The van der Waals surface area contributed by atoms with Crippen LogP contribution in [0.4, 0.5) is 0 Å². The van der Waals surface area contributed by atoms with Gasteiger partial charge >= 0.3 is 0 Å². The molecule has 17 heavy (non-hydrogen) atoms. The first-order chi connectivity index (χ1) is 8.33. The van der Waals surface area contributed by atoms with Crippen LogP contribution in [0.15, 0.2) is 60.7 Å². The molecule has 0 aromatic heterocycles. The van der Waals surface area contributed by atoms with Gasteiger partial charge < -0.3 is 0 Å². The fourth-order valence-corrected chi connectivity index (χ4v) is 2.12. The smallest absolute Gasteiger partial charge is 0.101 e. The second-order valence-corrected chi connectivity index (χ2v) is 4.11. The van der Waals surface area contributed by atoms with Crippen LogP contribution in [0, 0.1) is 0 Å². The molecule has 0 radical (unpaired) electrons. The summed E-state index contributed by atoms with van der Waals surface area (Å²) in [6.07, 6.45) is -0.278. The van der Waals surface area contributed by atoms with Gasteiger partial charge in [-0.15, -0.1) is 0 Å². The first-order valence-corrected chi connectivity index (χ1v) is 5.73. The lowest BCUT2D eigenvalue weighted by Crippen LogP contribution is -2.18. The van der Waals surface area contributed by atoms with Crippen molar-refractivity contribution in [1.82, 2.24) is 0 Å². The van der Waals surface area contributed by atoms with E-state index in [1.807, 2.05) is 67.6 Å². The maximum absolute atomic E-state index is 8.93. The van der Waals surface area contributed by atoms with Crippen LogP contribution in [-0.4, -0.2) is 11.4 Å². The van der Waals surface area contributed by atoms with Gasteiger partial charge in [0, 0.05) is 5.92 Å². The van der Waals surface area contributed by atoms with E-state index < -0.39 is 0 Å². The summed E-state index contributed by atoms with van der Waals surface area (Å²) < 4.78 is 0. The van der Waals surface area contributed by atoms with E-state index in [-0.39, 0.29) is 12.0 Å². The minimum Gasteiger partial charge on any atom is -0.252 e. The van der Waals surface area contributed by atoms with E-state index in [2.05, 4.69) is 4.89 Å². The van der Waals surface area contributed by atoms with Gasteiger partial charge in [-0.2, -0.15) is 0 Å². The van der Waals surface area contributed by atoms with Gasteiger partial charge in [0.05, 0.1) is 0 Å². The molecule has 2 rings (SSSR count). The third-order valence-electron chi connectivity index (χ3n) is 2.95. The first kappa shape index (κ1) is 11.8. The van der Waals surface area contributed by atoms with Crippen LogP contribution >= 0.6 is 0 Å². The Balaban J connectivity index is 2.39. The topological polar surface area (TPSA) is 29.5 Å². The molecule has 88 valence electrons. The van der Waals surface area contributed by atoms with Crippen LogP contribution < -0.4 is 0 Å². The van der Waals surface area contributed by atoms with Gasteiger partial charge in [-0.3, -0.25) is 5.26 Å². The highest BCUT2D eigenvalue weighted by atomic mass is 17.1. The molecule has 2 heteroatoms. The molecular weight excluding hydrogens is 212 g/mol. The second-order valence-electron chi connectivity index (χ2n) is 4.11. The Morgan fingerprint density at radius 3 is 1.59 bits per heavy atom. The lowest BCUT2D eigenvalue weighted by molar-refractivity contribution is -0.276. The summed E-state index contributed by atoms with van der Waals surface area (Å²) in [7, 11) is 0. The molecule has 0 aliphatic rings. The number of rotatable bonds is 4. The molecule has 0 aliphatic carbocycles. The van der Waals surface area contributed by atoms with Gasteiger partial charge in [0.2, 0.25) is 0 Å². The first-order valence-electron chi connectivity index (χ1n) is 5.73. The Morgan fingerprint density at radius 1 is 0.824 bits per heavy atom. The third-order valence-corrected chi connectivity index (χ3v) is 2.95. The molecule has 1 atom stereocenters. The van der Waals surface area contributed by atoms with E-state index in [4.69, 9.17) is 5.26 Å². The Morgan fingerprint density at radius 2 is 1.24 bits per heavy atom. The molecular formula is C15H16O2. The molecule has 2 aromatic rings. The summed E-state index contributed by atoms with van der Waals surface area (Å²) in [5.74, 6) is 0.0439. The minimum atomic E-state index is -0.278. The minimum absolute atomic E-state index is 0.0439. The van der Waals surface area contributed by atoms with Crippen molar-refractivity contribution in [1.29, 1.82) is 0 Å². The van der Waals surface area contributed by atoms with Crippen molar-refractivity contribution in [3.63, 3.8) is 0 Å². The normalized spacial score (nSPS) is 12.6. The molecule has 0 bridgehead atoms. The monoisotopic (exact) mass is 228 g/mol. The fourth-order valence-electron chi connectivity index (χ4n) is 2.12. The lowest BCUT2D eigenvalue weighted by Gasteiger charge is -2.22. The van der Waals surface area contributed by atoms with E-state index in [1.54, 1.807) is 0 Å². The molecule has 0 aliphatic heterocycles. The molecule has 1 N–H and O–H groups in total. The molecule has 0 fully saturated rings. The van der Waals surface area contributed by atoms with E-state index in [0.29, 0.717) is 0 Å². The fraction of sp³-hybridized carbons (Fsp3) is 0.200. The van der Waals surface area contributed by atoms with Crippen LogP contribution in [0.25, 0.3) is 0 Å². The maximum atomic E-state index is 8.93. The van der Waals surface area contributed by atoms with Crippen molar-refractivity contribution >= 4 is 0 Å². The van der Waals surface area contributed by atoms with Crippen LogP contribution in [0.3, 0.4) is 0 Å². The summed E-state index contributed by atoms with van der Waals surface area (Å²) in [6.45, 7) is 1.87. The predicted octanol–water partition coefficient (Wildman–Crippen LogP) is 3.70. The van der Waals surface area contributed by atoms with Crippen molar-refractivity contribution in [2.24, 2.45) is 0 Å². The molecule has 0 spiro atoms. The zero-order valence-electron chi connectivity index (χ0n) is 9.78. The zero-order valence-corrected chi connectivity index (χ0v) is 9.78. The number of hydrogen-bond acceptors (Lipinski definition) is 2. The van der Waals surface area contributed by atoms with Crippen LogP contribution in [0.2, 0.25) is 0 Å². The Kier molecular flexibility index (Phi) is 3.91. The van der Waals surface area contributed by atoms with E-state index in [1.165, 1.54) is 0 Å².